The lowest BCUT2D eigenvalue weighted by atomic mass is 9.73. The molecule has 0 spiro atoms. The highest BCUT2D eigenvalue weighted by Crippen LogP contribution is 2.40. The zero-order valence-electron chi connectivity index (χ0n) is 14.6. The Labute approximate surface area is 147 Å². The van der Waals surface area contributed by atoms with E-state index in [4.69, 9.17) is 9.47 Å². The van der Waals surface area contributed by atoms with E-state index < -0.39 is 0 Å². The number of para-hydroxylation sites is 1. The summed E-state index contributed by atoms with van der Waals surface area (Å²) < 4.78 is 11.5. The van der Waals surface area contributed by atoms with E-state index in [-0.39, 0.29) is 17.4 Å². The number of ether oxygens (including phenoxy) is 2. The van der Waals surface area contributed by atoms with Crippen LogP contribution in [0.5, 0.6) is 0 Å². The van der Waals surface area contributed by atoms with E-state index in [0.717, 1.165) is 43.3 Å². The van der Waals surface area contributed by atoms with Crippen molar-refractivity contribution in [3.63, 3.8) is 0 Å². The van der Waals surface area contributed by atoms with Crippen LogP contribution < -0.4 is 0 Å². The predicted octanol–water partition coefficient (Wildman–Crippen LogP) is 2.89. The smallest absolute Gasteiger partial charge is 0.255 e. The summed E-state index contributed by atoms with van der Waals surface area (Å²) in [5.74, 6) is 0.0535. The van der Waals surface area contributed by atoms with Gasteiger partial charge in [0, 0.05) is 43.8 Å². The fourth-order valence-corrected chi connectivity index (χ4v) is 4.33. The first-order chi connectivity index (χ1) is 12.2. The van der Waals surface area contributed by atoms with E-state index in [1.807, 2.05) is 35.2 Å². The average Bonchev–Trinajstić information content (AvgIpc) is 2.66. The third-order valence-electron chi connectivity index (χ3n) is 5.54. The Bertz CT molecular complexity index is 774. The minimum absolute atomic E-state index is 0.0535. The molecule has 0 radical (unpaired) electrons. The highest BCUT2D eigenvalue weighted by molar-refractivity contribution is 5.97. The number of methoxy groups -OCH3 is 1. The molecular weight excluding hydrogens is 316 g/mol. The molecule has 0 N–H and O–H groups in total. The van der Waals surface area contributed by atoms with Crippen LogP contribution in [0.1, 0.15) is 29.6 Å². The minimum atomic E-state index is -0.0782. The van der Waals surface area contributed by atoms with E-state index in [1.165, 1.54) is 0 Å². The molecule has 1 amide bonds. The van der Waals surface area contributed by atoms with Gasteiger partial charge in [-0.25, -0.2) is 0 Å². The lowest BCUT2D eigenvalue weighted by Crippen LogP contribution is -2.58. The highest BCUT2D eigenvalue weighted by atomic mass is 16.5. The van der Waals surface area contributed by atoms with Gasteiger partial charge in [-0.2, -0.15) is 0 Å². The van der Waals surface area contributed by atoms with Crippen molar-refractivity contribution in [3.05, 3.63) is 42.1 Å². The SMILES string of the molecule is COC[C@@]12CCCO[C@H]1CCN(C(=O)c1cnc3ccccc3c1)C2. The normalized spacial score (nSPS) is 26.4. The number of hydrogen-bond acceptors (Lipinski definition) is 4. The second-order valence-electron chi connectivity index (χ2n) is 7.19. The number of carbonyl (C=O) groups excluding carboxylic acids is 1. The van der Waals surface area contributed by atoms with Gasteiger partial charge in [-0.1, -0.05) is 18.2 Å². The number of nitrogens with zero attached hydrogens (tertiary/aromatic N) is 2. The van der Waals surface area contributed by atoms with Crippen molar-refractivity contribution in [2.75, 3.05) is 33.4 Å². The molecule has 2 atom stereocenters. The highest BCUT2D eigenvalue weighted by Gasteiger charge is 2.47. The van der Waals surface area contributed by atoms with Crippen LogP contribution in [0.3, 0.4) is 0 Å². The molecule has 4 rings (SSSR count). The van der Waals surface area contributed by atoms with E-state index in [2.05, 4.69) is 4.98 Å². The summed E-state index contributed by atoms with van der Waals surface area (Å²) in [7, 11) is 1.73. The number of likely N-dealkylation sites (tertiary alicyclic amines) is 1. The van der Waals surface area contributed by atoms with Gasteiger partial charge in [0.15, 0.2) is 0 Å². The van der Waals surface area contributed by atoms with Crippen LogP contribution in [0.15, 0.2) is 36.5 Å². The molecule has 0 aliphatic carbocycles. The van der Waals surface area contributed by atoms with Crippen molar-refractivity contribution in [1.82, 2.24) is 9.88 Å². The second-order valence-corrected chi connectivity index (χ2v) is 7.19. The Morgan fingerprint density at radius 2 is 2.32 bits per heavy atom. The molecule has 1 aromatic heterocycles. The number of hydrogen-bond donors (Lipinski definition) is 0. The monoisotopic (exact) mass is 340 g/mol. The number of fused-ring (bicyclic) bond motifs is 2. The molecule has 2 fully saturated rings. The fourth-order valence-electron chi connectivity index (χ4n) is 4.33. The minimum Gasteiger partial charge on any atom is -0.384 e. The first-order valence-electron chi connectivity index (χ1n) is 8.96. The third-order valence-corrected chi connectivity index (χ3v) is 5.54. The molecule has 2 aromatic rings. The molecule has 0 bridgehead atoms. The number of benzene rings is 1. The summed E-state index contributed by atoms with van der Waals surface area (Å²) in [5.41, 5.74) is 1.49. The molecule has 1 aromatic carbocycles. The van der Waals surface area contributed by atoms with Crippen molar-refractivity contribution in [2.24, 2.45) is 5.41 Å². The molecule has 2 saturated heterocycles. The number of aromatic nitrogens is 1. The summed E-state index contributed by atoms with van der Waals surface area (Å²) >= 11 is 0. The molecule has 132 valence electrons. The molecule has 0 saturated carbocycles. The maximum absolute atomic E-state index is 13.1. The van der Waals surface area contributed by atoms with Crippen LogP contribution >= 0.6 is 0 Å². The van der Waals surface area contributed by atoms with Crippen molar-refractivity contribution >= 4 is 16.8 Å². The first kappa shape index (κ1) is 16.5. The molecule has 5 heteroatoms. The quantitative estimate of drug-likeness (QED) is 0.862. The summed E-state index contributed by atoms with van der Waals surface area (Å²) in [6.45, 7) is 2.87. The van der Waals surface area contributed by atoms with Gasteiger partial charge < -0.3 is 14.4 Å². The molecule has 2 aliphatic heterocycles. The molecule has 3 heterocycles. The van der Waals surface area contributed by atoms with E-state index in [0.29, 0.717) is 18.7 Å². The zero-order chi connectivity index (χ0) is 17.3. The largest absolute Gasteiger partial charge is 0.384 e. The topological polar surface area (TPSA) is 51.7 Å². The van der Waals surface area contributed by atoms with E-state index in [1.54, 1.807) is 13.3 Å². The molecule has 2 aliphatic rings. The van der Waals surface area contributed by atoms with Crippen LogP contribution in [-0.2, 0) is 9.47 Å². The van der Waals surface area contributed by atoms with Gasteiger partial charge >= 0.3 is 0 Å². The summed E-state index contributed by atoms with van der Waals surface area (Å²) in [6.07, 6.45) is 4.83. The molecular formula is C20H24N2O3. The Hall–Kier alpha value is -1.98. The van der Waals surface area contributed by atoms with Crippen molar-refractivity contribution in [3.8, 4) is 0 Å². The van der Waals surface area contributed by atoms with Crippen LogP contribution in [0.2, 0.25) is 0 Å². The molecule has 0 unspecified atom stereocenters. The van der Waals surface area contributed by atoms with Crippen LogP contribution in [0, 0.1) is 5.41 Å². The Morgan fingerprint density at radius 3 is 3.20 bits per heavy atom. The Balaban J connectivity index is 1.58. The standard InChI is InChI=1S/C20H24N2O3/c1-24-14-20-8-4-10-25-18(20)7-9-22(13-20)19(23)16-11-15-5-2-3-6-17(15)21-12-16/h2-3,5-6,11-12,18H,4,7-10,13-14H2,1H3/t18-,20-/m0/s1. The Kier molecular flexibility index (Phi) is 4.44. The lowest BCUT2D eigenvalue weighted by Gasteiger charge is -2.50. The van der Waals surface area contributed by atoms with E-state index in [9.17, 15) is 4.79 Å². The van der Waals surface area contributed by atoms with Crippen LogP contribution in [0.25, 0.3) is 10.9 Å². The fraction of sp³-hybridized carbons (Fsp3) is 0.500. The van der Waals surface area contributed by atoms with Crippen molar-refractivity contribution in [1.29, 1.82) is 0 Å². The van der Waals surface area contributed by atoms with Gasteiger partial charge in [0.2, 0.25) is 0 Å². The van der Waals surface area contributed by atoms with Gasteiger partial charge in [0.05, 0.1) is 23.8 Å². The van der Waals surface area contributed by atoms with Crippen LogP contribution in [-0.4, -0.2) is 55.3 Å². The van der Waals surface area contributed by atoms with E-state index >= 15 is 0 Å². The maximum Gasteiger partial charge on any atom is 0.255 e. The maximum atomic E-state index is 13.1. The second kappa shape index (κ2) is 6.73. The van der Waals surface area contributed by atoms with Gasteiger partial charge in [-0.05, 0) is 31.4 Å². The summed E-state index contributed by atoms with van der Waals surface area (Å²) in [5, 5.41) is 0.996. The number of carbonyl (C=O) groups is 1. The van der Waals surface area contributed by atoms with Crippen molar-refractivity contribution < 1.29 is 14.3 Å². The number of piperidine rings is 1. The zero-order valence-corrected chi connectivity index (χ0v) is 14.6. The van der Waals surface area contributed by atoms with Gasteiger partial charge in [0.1, 0.15) is 0 Å². The lowest BCUT2D eigenvalue weighted by molar-refractivity contribution is -0.142. The third kappa shape index (κ3) is 3.02. The Morgan fingerprint density at radius 1 is 1.44 bits per heavy atom. The number of rotatable bonds is 3. The van der Waals surface area contributed by atoms with Crippen LogP contribution in [0.4, 0.5) is 0 Å². The van der Waals surface area contributed by atoms with Gasteiger partial charge in [-0.3, -0.25) is 9.78 Å². The van der Waals surface area contributed by atoms with Crippen molar-refractivity contribution in [2.45, 2.75) is 25.4 Å². The first-order valence-corrected chi connectivity index (χ1v) is 8.96. The molecule has 5 nitrogen and oxygen atoms in total. The number of pyridine rings is 1. The predicted molar refractivity (Wildman–Crippen MR) is 95.5 cm³/mol. The molecule has 25 heavy (non-hydrogen) atoms. The van der Waals surface area contributed by atoms with Gasteiger partial charge in [0.25, 0.3) is 5.91 Å². The average molecular weight is 340 g/mol. The summed E-state index contributed by atoms with van der Waals surface area (Å²) in [4.78, 5) is 19.5. The number of amides is 1. The van der Waals surface area contributed by atoms with Gasteiger partial charge in [-0.15, -0.1) is 0 Å². The summed E-state index contributed by atoms with van der Waals surface area (Å²) in [6, 6.07) is 9.82.